The van der Waals surface area contributed by atoms with Crippen molar-refractivity contribution in [2.75, 3.05) is 0 Å². The van der Waals surface area contributed by atoms with Crippen LogP contribution in [-0.2, 0) is 0 Å². The number of rotatable bonds is 5. The Labute approximate surface area is 153 Å². The normalized spacial score (nSPS) is 21.1. The zero-order chi connectivity index (χ0) is 16.9. The number of hydrogen-bond acceptors (Lipinski definition) is 1. The lowest BCUT2D eigenvalue weighted by Crippen LogP contribution is -2.08. The molecule has 1 fully saturated rings. The topological polar surface area (TPSA) is 12.0 Å². The van der Waals surface area contributed by atoms with Gasteiger partial charge in [0.15, 0.2) is 0 Å². The SMILES string of the molecule is c1ccc(PNP2[C@H](c3ccccc3)CC[C@H]2c2ccccc2)cc1. The van der Waals surface area contributed by atoms with E-state index in [0.29, 0.717) is 20.0 Å². The number of benzene rings is 3. The first-order chi connectivity index (χ1) is 12.4. The molecule has 4 rings (SSSR count). The van der Waals surface area contributed by atoms with Crippen LogP contribution >= 0.6 is 16.8 Å². The van der Waals surface area contributed by atoms with Crippen LogP contribution in [0.4, 0.5) is 0 Å². The summed E-state index contributed by atoms with van der Waals surface area (Å²) in [6, 6.07) is 33.0. The first kappa shape index (κ1) is 16.9. The molecule has 1 unspecified atom stereocenters. The molecule has 3 aromatic carbocycles. The highest BCUT2D eigenvalue weighted by atomic mass is 31.2. The number of hydrogen-bond donors (Lipinski definition) is 1. The van der Waals surface area contributed by atoms with E-state index in [1.165, 1.54) is 29.3 Å². The van der Waals surface area contributed by atoms with Crippen molar-refractivity contribution < 1.29 is 0 Å². The Morgan fingerprint density at radius 3 is 1.56 bits per heavy atom. The fourth-order valence-corrected chi connectivity index (χ4v) is 8.54. The van der Waals surface area contributed by atoms with Gasteiger partial charge in [-0.3, -0.25) is 4.86 Å². The second kappa shape index (κ2) is 8.24. The molecule has 0 radical (unpaired) electrons. The monoisotopic (exact) mass is 363 g/mol. The summed E-state index contributed by atoms with van der Waals surface area (Å²) in [7, 11) is 0.393. The zero-order valence-electron chi connectivity index (χ0n) is 14.2. The first-order valence-electron chi connectivity index (χ1n) is 8.87. The Morgan fingerprint density at radius 1 is 0.640 bits per heavy atom. The summed E-state index contributed by atoms with van der Waals surface area (Å²) in [6.45, 7) is 0. The van der Waals surface area contributed by atoms with Crippen LogP contribution in [0.3, 0.4) is 0 Å². The molecule has 1 heterocycles. The highest BCUT2D eigenvalue weighted by Crippen LogP contribution is 2.68. The van der Waals surface area contributed by atoms with E-state index in [0.717, 1.165) is 0 Å². The van der Waals surface area contributed by atoms with Gasteiger partial charge in [-0.2, -0.15) is 0 Å². The second-order valence-electron chi connectivity index (χ2n) is 6.44. The Hall–Kier alpha value is -1.52. The minimum absolute atomic E-state index is 0.286. The summed E-state index contributed by atoms with van der Waals surface area (Å²) in [5, 5.41) is 1.40. The molecule has 1 saturated heterocycles. The van der Waals surface area contributed by atoms with Crippen molar-refractivity contribution in [2.24, 2.45) is 0 Å². The van der Waals surface area contributed by atoms with E-state index < -0.39 is 0 Å². The van der Waals surface area contributed by atoms with Crippen LogP contribution in [0.15, 0.2) is 91.0 Å². The van der Waals surface area contributed by atoms with Crippen LogP contribution in [0.5, 0.6) is 0 Å². The van der Waals surface area contributed by atoms with Crippen LogP contribution in [-0.4, -0.2) is 0 Å². The summed E-state index contributed by atoms with van der Waals surface area (Å²) in [5.74, 6) is 0. The molecule has 25 heavy (non-hydrogen) atoms. The quantitative estimate of drug-likeness (QED) is 0.535. The van der Waals surface area contributed by atoms with Gasteiger partial charge in [-0.25, -0.2) is 0 Å². The van der Waals surface area contributed by atoms with Gasteiger partial charge in [0.2, 0.25) is 0 Å². The largest absolute Gasteiger partial charge is 0.271 e. The smallest absolute Gasteiger partial charge is 0.0181 e. The fourth-order valence-electron chi connectivity index (χ4n) is 3.62. The van der Waals surface area contributed by atoms with Gasteiger partial charge in [-0.1, -0.05) is 91.0 Å². The van der Waals surface area contributed by atoms with Crippen molar-refractivity contribution in [1.29, 1.82) is 0 Å². The van der Waals surface area contributed by atoms with Crippen LogP contribution in [0, 0.1) is 0 Å². The molecule has 1 aliphatic heterocycles. The summed E-state index contributed by atoms with van der Waals surface area (Å²) in [5.41, 5.74) is 4.30. The molecule has 0 saturated carbocycles. The van der Waals surface area contributed by atoms with Gasteiger partial charge in [0.1, 0.15) is 0 Å². The van der Waals surface area contributed by atoms with E-state index in [1.807, 2.05) is 0 Å². The molecule has 1 nitrogen and oxygen atoms in total. The third-order valence-electron chi connectivity index (χ3n) is 4.86. The molecule has 0 amide bonds. The van der Waals surface area contributed by atoms with Crippen LogP contribution in [0.25, 0.3) is 0 Å². The minimum atomic E-state index is -0.286. The maximum absolute atomic E-state index is 3.99. The fraction of sp³-hybridized carbons (Fsp3) is 0.182. The predicted molar refractivity (Wildman–Crippen MR) is 112 cm³/mol. The van der Waals surface area contributed by atoms with Gasteiger partial charge in [-0.15, -0.1) is 0 Å². The summed E-state index contributed by atoms with van der Waals surface area (Å²) < 4.78 is 0. The molecule has 0 bridgehead atoms. The molecular weight excluding hydrogens is 340 g/mol. The van der Waals surface area contributed by atoms with Crippen molar-refractivity contribution in [2.45, 2.75) is 24.2 Å². The van der Waals surface area contributed by atoms with Gasteiger partial charge in [0.25, 0.3) is 0 Å². The molecule has 1 aliphatic rings. The summed E-state index contributed by atoms with van der Waals surface area (Å²) >= 11 is 0. The van der Waals surface area contributed by atoms with E-state index in [4.69, 9.17) is 0 Å². The average molecular weight is 363 g/mol. The van der Waals surface area contributed by atoms with Gasteiger partial charge < -0.3 is 0 Å². The second-order valence-corrected chi connectivity index (χ2v) is 10.2. The molecule has 3 heteroatoms. The lowest BCUT2D eigenvalue weighted by Gasteiger charge is -2.27. The molecule has 0 aromatic heterocycles. The first-order valence-corrected chi connectivity index (χ1v) is 11.3. The van der Waals surface area contributed by atoms with Crippen molar-refractivity contribution in [3.05, 3.63) is 102 Å². The van der Waals surface area contributed by atoms with E-state index in [1.54, 1.807) is 0 Å². The van der Waals surface area contributed by atoms with Gasteiger partial charge in [0, 0.05) is 11.3 Å². The molecule has 126 valence electrons. The number of nitrogens with one attached hydrogen (secondary N) is 1. The van der Waals surface area contributed by atoms with Crippen LogP contribution in [0.1, 0.15) is 35.3 Å². The van der Waals surface area contributed by atoms with Crippen molar-refractivity contribution in [3.8, 4) is 0 Å². The van der Waals surface area contributed by atoms with Gasteiger partial charge in [0.05, 0.1) is 0 Å². The van der Waals surface area contributed by atoms with Crippen molar-refractivity contribution in [3.63, 3.8) is 0 Å². The van der Waals surface area contributed by atoms with Gasteiger partial charge in [-0.05, 0) is 46.1 Å². The van der Waals surface area contributed by atoms with Crippen molar-refractivity contribution >= 4 is 22.1 Å². The summed E-state index contributed by atoms with van der Waals surface area (Å²) in [4.78, 5) is 3.99. The molecule has 0 spiro atoms. The molecule has 1 N–H and O–H groups in total. The lowest BCUT2D eigenvalue weighted by atomic mass is 10.0. The van der Waals surface area contributed by atoms with E-state index >= 15 is 0 Å². The Balaban J connectivity index is 1.59. The standard InChI is InChI=1S/C22H23NP2/c1-4-10-18(11-5-1)21-16-17-22(19-12-6-2-7-13-19)25(21)23-24-20-14-8-3-9-15-20/h1-15,21-24H,16-17H2/t21-,22-/m0/s1. The Morgan fingerprint density at radius 2 is 1.08 bits per heavy atom. The van der Waals surface area contributed by atoms with E-state index in [2.05, 4.69) is 95.9 Å². The van der Waals surface area contributed by atoms with Crippen LogP contribution < -0.4 is 10.2 Å². The maximum atomic E-state index is 3.99. The molecule has 3 aromatic rings. The Kier molecular flexibility index (Phi) is 5.58. The van der Waals surface area contributed by atoms with Gasteiger partial charge >= 0.3 is 0 Å². The highest BCUT2D eigenvalue weighted by Gasteiger charge is 2.37. The van der Waals surface area contributed by atoms with E-state index in [9.17, 15) is 0 Å². The van der Waals surface area contributed by atoms with E-state index in [-0.39, 0.29) is 8.07 Å². The molecular formula is C22H23NP2. The Bertz CT molecular complexity index is 729. The molecule has 0 aliphatic carbocycles. The minimum Gasteiger partial charge on any atom is -0.271 e. The highest BCUT2D eigenvalue weighted by molar-refractivity contribution is 7.67. The maximum Gasteiger partial charge on any atom is 0.0181 e. The average Bonchev–Trinajstić information content (AvgIpc) is 3.12. The molecule has 3 atom stereocenters. The zero-order valence-corrected chi connectivity index (χ0v) is 16.1. The third-order valence-corrected chi connectivity index (χ3v) is 9.41. The lowest BCUT2D eigenvalue weighted by molar-refractivity contribution is 0.765. The third kappa shape index (κ3) is 4.01. The van der Waals surface area contributed by atoms with Crippen molar-refractivity contribution in [1.82, 2.24) is 4.86 Å². The summed E-state index contributed by atoms with van der Waals surface area (Å²) in [6.07, 6.45) is 2.56. The predicted octanol–water partition coefficient (Wildman–Crippen LogP) is 6.17. The van der Waals surface area contributed by atoms with Crippen LogP contribution in [0.2, 0.25) is 0 Å².